The number of rotatable bonds is 9. The Balaban J connectivity index is 2.08. The van der Waals surface area contributed by atoms with Crippen LogP contribution >= 0.6 is 11.6 Å². The zero-order valence-corrected chi connectivity index (χ0v) is 23.2. The molecule has 2 heterocycles. The molecule has 0 saturated heterocycles. The van der Waals surface area contributed by atoms with Crippen LogP contribution in [0.15, 0.2) is 17.0 Å². The summed E-state index contributed by atoms with van der Waals surface area (Å²) in [5.41, 5.74) is -0.324. The van der Waals surface area contributed by atoms with E-state index in [1.807, 2.05) is 0 Å². The highest BCUT2D eigenvalue weighted by atomic mass is 35.5. The summed E-state index contributed by atoms with van der Waals surface area (Å²) in [6.07, 6.45) is -3.84. The first-order valence-corrected chi connectivity index (χ1v) is 13.3. The molecular formula is C23H24ClF3N4O7S. The third-order valence-corrected chi connectivity index (χ3v) is 7.12. The molecule has 0 bridgehead atoms. The Morgan fingerprint density at radius 2 is 1.59 bits per heavy atom. The van der Waals surface area contributed by atoms with Crippen LogP contribution in [-0.4, -0.2) is 65.9 Å². The van der Waals surface area contributed by atoms with Crippen molar-refractivity contribution < 1.29 is 45.4 Å². The van der Waals surface area contributed by atoms with Gasteiger partial charge in [-0.2, -0.15) is 23.4 Å². The van der Waals surface area contributed by atoms with Gasteiger partial charge in [0.1, 0.15) is 17.7 Å². The molecule has 3 aromatic rings. The fraction of sp³-hybridized carbons (Fsp3) is 0.391. The van der Waals surface area contributed by atoms with E-state index in [4.69, 9.17) is 21.1 Å². The molecule has 11 nitrogen and oxygen atoms in total. The largest absolute Gasteiger partial charge is 0.481 e. The van der Waals surface area contributed by atoms with Crippen LogP contribution in [0.2, 0.25) is 5.02 Å². The summed E-state index contributed by atoms with van der Waals surface area (Å²) in [6, 6.07) is 2.16. The second kappa shape index (κ2) is 11.0. The minimum absolute atomic E-state index is 0.0110. The summed E-state index contributed by atoms with van der Waals surface area (Å²) in [5, 5.41) is 7.82. The van der Waals surface area contributed by atoms with E-state index >= 15 is 0 Å². The number of hydrogen-bond acceptors (Lipinski definition) is 9. The van der Waals surface area contributed by atoms with Crippen molar-refractivity contribution >= 4 is 33.2 Å². The second-order valence-corrected chi connectivity index (χ2v) is 10.8. The van der Waals surface area contributed by atoms with Crippen molar-refractivity contribution in [2.24, 2.45) is 14.1 Å². The monoisotopic (exact) mass is 592 g/mol. The third-order valence-electron chi connectivity index (χ3n) is 5.51. The number of carbonyl (C=O) groups excluding carboxylic acids is 2. The van der Waals surface area contributed by atoms with Gasteiger partial charge in [0.2, 0.25) is 17.5 Å². The van der Waals surface area contributed by atoms with E-state index in [0.717, 1.165) is 23.1 Å². The number of ether oxygens (including phenoxy) is 3. The van der Waals surface area contributed by atoms with E-state index in [1.165, 1.54) is 25.8 Å². The number of sulfone groups is 1. The number of esters is 1. The highest BCUT2D eigenvalue weighted by Gasteiger charge is 2.32. The number of alkyl halides is 3. The van der Waals surface area contributed by atoms with Crippen molar-refractivity contribution in [3.05, 3.63) is 50.8 Å². The maximum absolute atomic E-state index is 13.6. The van der Waals surface area contributed by atoms with Crippen molar-refractivity contribution in [2.75, 3.05) is 20.0 Å². The minimum Gasteiger partial charge on any atom is -0.481 e. The number of hydrogen-bond donors (Lipinski definition) is 0. The molecule has 0 fully saturated rings. The van der Waals surface area contributed by atoms with Crippen LogP contribution < -0.4 is 9.47 Å². The zero-order valence-electron chi connectivity index (χ0n) is 21.6. The number of halogens is 4. The van der Waals surface area contributed by atoms with Crippen molar-refractivity contribution in [3.63, 3.8) is 0 Å². The molecule has 0 spiro atoms. The maximum Gasteiger partial charge on any atom is 0.411 e. The molecule has 0 atom stereocenters. The lowest BCUT2D eigenvalue weighted by molar-refractivity contribution is -0.176. The molecule has 0 aliphatic heterocycles. The first-order chi connectivity index (χ1) is 18.0. The van der Waals surface area contributed by atoms with Gasteiger partial charge >= 0.3 is 12.1 Å². The van der Waals surface area contributed by atoms with Crippen molar-refractivity contribution in [2.45, 2.75) is 31.5 Å². The number of carbonyl (C=O) groups is 2. The smallest absolute Gasteiger partial charge is 0.411 e. The number of aryl methyl sites for hydroxylation is 4. The number of benzene rings is 1. The Kier molecular flexibility index (Phi) is 8.48. The highest BCUT2D eigenvalue weighted by Crippen LogP contribution is 2.34. The Morgan fingerprint density at radius 3 is 2.13 bits per heavy atom. The molecule has 3 rings (SSSR count). The lowest BCUT2D eigenvalue weighted by Crippen LogP contribution is -2.18. The standard InChI is InChI=1S/C23H24ClF3N4O7S/c1-11-16(21(31(4)28-11)38-22(33)17-12(2)29-30(3)20(17)36-5)19(32)13-7-8-15(39(6,34)35)14(18(13)24)9-37-10-23(25,26)27/h7-8H,9-10H2,1-6H3. The quantitative estimate of drug-likeness (QED) is 0.271. The summed E-state index contributed by atoms with van der Waals surface area (Å²) in [4.78, 5) is 26.3. The summed E-state index contributed by atoms with van der Waals surface area (Å²) >= 11 is 6.38. The molecule has 212 valence electrons. The van der Waals surface area contributed by atoms with Gasteiger partial charge in [0.15, 0.2) is 9.84 Å². The molecular weight excluding hydrogens is 569 g/mol. The SMILES string of the molecule is COc1c(C(=O)Oc2c(C(=O)c3ccc(S(C)(=O)=O)c(COCC(F)(F)F)c3Cl)c(C)nn2C)c(C)nn1C. The van der Waals surface area contributed by atoms with Gasteiger partial charge in [0.25, 0.3) is 0 Å². The summed E-state index contributed by atoms with van der Waals surface area (Å²) in [5.74, 6) is -1.85. The third kappa shape index (κ3) is 6.25. The fourth-order valence-electron chi connectivity index (χ4n) is 3.92. The summed E-state index contributed by atoms with van der Waals surface area (Å²) in [6.45, 7) is 0.525. The van der Waals surface area contributed by atoms with Crippen LogP contribution in [0.4, 0.5) is 13.2 Å². The van der Waals surface area contributed by atoms with Crippen LogP contribution in [0.1, 0.15) is 43.2 Å². The molecule has 0 radical (unpaired) electrons. The van der Waals surface area contributed by atoms with Crippen LogP contribution in [-0.2, 0) is 35.3 Å². The lowest BCUT2D eigenvalue weighted by Gasteiger charge is -2.15. The van der Waals surface area contributed by atoms with Gasteiger partial charge in [-0.3, -0.25) is 4.79 Å². The van der Waals surface area contributed by atoms with Crippen LogP contribution in [0.3, 0.4) is 0 Å². The van der Waals surface area contributed by atoms with Gasteiger partial charge < -0.3 is 14.2 Å². The average Bonchev–Trinajstić information content (AvgIpc) is 3.25. The molecule has 39 heavy (non-hydrogen) atoms. The molecule has 0 amide bonds. The van der Waals surface area contributed by atoms with E-state index in [-0.39, 0.29) is 39.7 Å². The molecule has 0 unspecified atom stereocenters. The maximum atomic E-state index is 13.6. The first-order valence-electron chi connectivity index (χ1n) is 11.0. The molecule has 16 heteroatoms. The second-order valence-electron chi connectivity index (χ2n) is 8.49. The van der Waals surface area contributed by atoms with Gasteiger partial charge in [-0.15, -0.1) is 0 Å². The van der Waals surface area contributed by atoms with Gasteiger partial charge in [0, 0.05) is 31.5 Å². The van der Waals surface area contributed by atoms with E-state index < -0.39 is 50.9 Å². The molecule has 1 aromatic carbocycles. The molecule has 0 aliphatic carbocycles. The van der Waals surface area contributed by atoms with E-state index in [9.17, 15) is 31.2 Å². The van der Waals surface area contributed by atoms with Gasteiger partial charge in [0.05, 0.1) is 35.0 Å². The average molecular weight is 593 g/mol. The van der Waals surface area contributed by atoms with Gasteiger partial charge in [-0.05, 0) is 26.0 Å². The Bertz CT molecular complexity index is 1560. The van der Waals surface area contributed by atoms with Crippen LogP contribution in [0, 0.1) is 13.8 Å². The predicted octanol–water partition coefficient (Wildman–Crippen LogP) is 3.37. The lowest BCUT2D eigenvalue weighted by atomic mass is 10.0. The fourth-order valence-corrected chi connectivity index (χ4v) is 5.21. The first kappa shape index (κ1) is 30.1. The summed E-state index contributed by atoms with van der Waals surface area (Å²) in [7, 11) is 0.363. The minimum atomic E-state index is -4.67. The molecule has 0 N–H and O–H groups in total. The van der Waals surface area contributed by atoms with Crippen LogP contribution in [0.25, 0.3) is 0 Å². The van der Waals surface area contributed by atoms with Crippen molar-refractivity contribution in [3.8, 4) is 11.8 Å². The molecule has 2 aromatic heterocycles. The van der Waals surface area contributed by atoms with E-state index in [0.29, 0.717) is 5.69 Å². The Hall–Kier alpha value is -3.43. The highest BCUT2D eigenvalue weighted by molar-refractivity contribution is 7.90. The van der Waals surface area contributed by atoms with Gasteiger partial charge in [-0.25, -0.2) is 22.6 Å². The summed E-state index contributed by atoms with van der Waals surface area (Å²) < 4.78 is 80.2. The number of aromatic nitrogens is 4. The Labute approximate surface area is 226 Å². The zero-order chi connectivity index (χ0) is 29.4. The Morgan fingerprint density at radius 1 is 1.03 bits per heavy atom. The van der Waals surface area contributed by atoms with Gasteiger partial charge in [-0.1, -0.05) is 11.6 Å². The van der Waals surface area contributed by atoms with E-state index in [2.05, 4.69) is 14.9 Å². The topological polar surface area (TPSA) is 132 Å². The van der Waals surface area contributed by atoms with Crippen molar-refractivity contribution in [1.29, 1.82) is 0 Å². The number of ketones is 1. The van der Waals surface area contributed by atoms with E-state index in [1.54, 1.807) is 14.0 Å². The predicted molar refractivity (Wildman–Crippen MR) is 131 cm³/mol. The number of nitrogens with zero attached hydrogens (tertiary/aromatic N) is 4. The number of methoxy groups -OCH3 is 1. The van der Waals surface area contributed by atoms with Crippen LogP contribution in [0.5, 0.6) is 11.8 Å². The molecule has 0 saturated carbocycles. The normalized spacial score (nSPS) is 12.1. The molecule has 0 aliphatic rings. The van der Waals surface area contributed by atoms with Crippen molar-refractivity contribution in [1.82, 2.24) is 19.6 Å².